The summed E-state index contributed by atoms with van der Waals surface area (Å²) in [5.41, 5.74) is 6.92. The number of ether oxygens (including phenoxy) is 2. The van der Waals surface area contributed by atoms with Gasteiger partial charge in [0, 0.05) is 30.6 Å². The van der Waals surface area contributed by atoms with Gasteiger partial charge in [0.1, 0.15) is 23.2 Å². The number of alkyl halides is 2. The quantitative estimate of drug-likeness (QED) is 0.556. The van der Waals surface area contributed by atoms with E-state index in [1.54, 1.807) is 7.05 Å². The Morgan fingerprint density at radius 3 is 2.88 bits per heavy atom. The number of benzene rings is 1. The highest BCUT2D eigenvalue weighted by molar-refractivity contribution is 6.40. The number of carbonyl (C=O) groups excluding carboxylic acids is 2. The van der Waals surface area contributed by atoms with E-state index < -0.39 is 42.1 Å². The molecule has 0 aliphatic carbocycles. The number of hydrogen-bond acceptors (Lipinski definition) is 7. The number of aryl methyl sites for hydroxylation is 1. The van der Waals surface area contributed by atoms with Gasteiger partial charge in [-0.15, -0.1) is 0 Å². The summed E-state index contributed by atoms with van der Waals surface area (Å²) in [6, 6.07) is 1.29. The number of piperidine rings is 1. The third-order valence-electron chi connectivity index (χ3n) is 5.96. The Labute approximate surface area is 190 Å². The van der Waals surface area contributed by atoms with Crippen molar-refractivity contribution in [2.45, 2.75) is 31.6 Å². The van der Waals surface area contributed by atoms with Crippen LogP contribution in [0.3, 0.4) is 0 Å². The zero-order valence-electron chi connectivity index (χ0n) is 17.8. The van der Waals surface area contributed by atoms with Gasteiger partial charge in [0.2, 0.25) is 0 Å². The Bertz CT molecular complexity index is 1310. The molecule has 13 heteroatoms. The molecule has 0 unspecified atom stereocenters. The standard InChI is InChI=1S/C21H19F3N6O4/c1-29-17-10(7-27-29)12(8-26-18(17)25)28-19(31)20(32)30-4-2-3-13-16(30)9-5-11(22)15(34-21(23)24)6-14(9)33-13/h5-8,13,16,21H,2-4H2,1H3,(H2,25,26)(H,28,31)/t13-,16-/m0/s1. The molecule has 178 valence electrons. The number of nitrogens with one attached hydrogen (secondary N) is 1. The minimum absolute atomic E-state index is 0.131. The van der Waals surface area contributed by atoms with E-state index in [2.05, 4.69) is 20.1 Å². The van der Waals surface area contributed by atoms with Crippen molar-refractivity contribution >= 4 is 34.2 Å². The van der Waals surface area contributed by atoms with Crippen molar-refractivity contribution in [1.29, 1.82) is 0 Å². The molecule has 2 amide bonds. The number of rotatable bonds is 3. The summed E-state index contributed by atoms with van der Waals surface area (Å²) < 4.78 is 51.0. The molecule has 2 aliphatic heterocycles. The maximum Gasteiger partial charge on any atom is 0.387 e. The monoisotopic (exact) mass is 476 g/mol. The molecule has 4 heterocycles. The fraction of sp³-hybridized carbons (Fsp3) is 0.333. The molecule has 5 rings (SSSR count). The van der Waals surface area contributed by atoms with E-state index in [0.29, 0.717) is 23.7 Å². The average molecular weight is 476 g/mol. The first-order chi connectivity index (χ1) is 16.2. The van der Waals surface area contributed by atoms with Crippen LogP contribution in [0.5, 0.6) is 11.5 Å². The highest BCUT2D eigenvalue weighted by Gasteiger charge is 2.45. The summed E-state index contributed by atoms with van der Waals surface area (Å²) in [7, 11) is 1.67. The lowest BCUT2D eigenvalue weighted by atomic mass is 9.94. The lowest BCUT2D eigenvalue weighted by Gasteiger charge is -2.36. The van der Waals surface area contributed by atoms with E-state index in [1.165, 1.54) is 22.0 Å². The highest BCUT2D eigenvalue weighted by Crippen LogP contribution is 2.46. The number of fused-ring (bicyclic) bond motifs is 4. The van der Waals surface area contributed by atoms with E-state index in [1.807, 2.05) is 0 Å². The van der Waals surface area contributed by atoms with Gasteiger partial charge in [-0.1, -0.05) is 0 Å². The van der Waals surface area contributed by atoms with Gasteiger partial charge in [-0.25, -0.2) is 9.37 Å². The van der Waals surface area contributed by atoms with Gasteiger partial charge in [0.15, 0.2) is 11.6 Å². The zero-order valence-corrected chi connectivity index (χ0v) is 17.8. The molecule has 34 heavy (non-hydrogen) atoms. The highest BCUT2D eigenvalue weighted by atomic mass is 19.3. The first kappa shape index (κ1) is 21.8. The van der Waals surface area contributed by atoms with Crippen molar-refractivity contribution in [2.24, 2.45) is 7.05 Å². The van der Waals surface area contributed by atoms with Crippen molar-refractivity contribution in [3.05, 3.63) is 35.9 Å². The van der Waals surface area contributed by atoms with Crippen LogP contribution in [0.2, 0.25) is 0 Å². The number of hydrogen-bond donors (Lipinski definition) is 2. The third-order valence-corrected chi connectivity index (χ3v) is 5.96. The molecular weight excluding hydrogens is 457 g/mol. The second-order valence-corrected chi connectivity index (χ2v) is 7.98. The largest absolute Gasteiger partial charge is 0.487 e. The summed E-state index contributed by atoms with van der Waals surface area (Å²) in [4.78, 5) is 31.4. The van der Waals surface area contributed by atoms with Gasteiger partial charge < -0.3 is 25.4 Å². The number of pyridine rings is 1. The van der Waals surface area contributed by atoms with E-state index >= 15 is 0 Å². The molecule has 0 bridgehead atoms. The molecule has 1 aromatic carbocycles. The maximum atomic E-state index is 14.4. The molecule has 3 N–H and O–H groups in total. The Morgan fingerprint density at radius 2 is 2.12 bits per heavy atom. The summed E-state index contributed by atoms with van der Waals surface area (Å²) in [6.45, 7) is -2.97. The second-order valence-electron chi connectivity index (χ2n) is 7.98. The summed E-state index contributed by atoms with van der Waals surface area (Å²) in [6.07, 6.45) is 3.35. The number of nitrogen functional groups attached to an aromatic ring is 1. The third kappa shape index (κ3) is 3.53. The molecule has 2 atom stereocenters. The van der Waals surface area contributed by atoms with Crippen molar-refractivity contribution in [3.63, 3.8) is 0 Å². The minimum Gasteiger partial charge on any atom is -0.487 e. The van der Waals surface area contributed by atoms with Gasteiger partial charge in [0.05, 0.1) is 24.1 Å². The van der Waals surface area contributed by atoms with Gasteiger partial charge in [-0.05, 0) is 18.9 Å². The number of amides is 2. The molecule has 10 nitrogen and oxygen atoms in total. The van der Waals surface area contributed by atoms with Crippen LogP contribution in [0.4, 0.5) is 24.7 Å². The van der Waals surface area contributed by atoms with E-state index in [0.717, 1.165) is 12.1 Å². The normalized spacial score (nSPS) is 19.0. The summed E-state index contributed by atoms with van der Waals surface area (Å²) in [5, 5.41) is 7.16. The van der Waals surface area contributed by atoms with Crippen LogP contribution in [0.15, 0.2) is 24.5 Å². The molecule has 1 saturated heterocycles. The molecule has 0 spiro atoms. The smallest absolute Gasteiger partial charge is 0.387 e. The Balaban J connectivity index is 1.42. The molecular formula is C21H19F3N6O4. The SMILES string of the molecule is Cn1ncc2c(NC(=O)C(=O)N3CCC[C@@H]4Oc5cc(OC(F)F)c(F)cc5[C@@H]43)cnc(N)c21. The van der Waals surface area contributed by atoms with Gasteiger partial charge in [-0.2, -0.15) is 13.9 Å². The predicted molar refractivity (Wildman–Crippen MR) is 113 cm³/mol. The van der Waals surface area contributed by atoms with Gasteiger partial charge in [0.25, 0.3) is 0 Å². The Hall–Kier alpha value is -4.03. The van der Waals surface area contributed by atoms with E-state index in [9.17, 15) is 22.8 Å². The van der Waals surface area contributed by atoms with Crippen molar-refractivity contribution < 1.29 is 32.2 Å². The van der Waals surface area contributed by atoms with Crippen LogP contribution >= 0.6 is 0 Å². The molecule has 2 aliphatic rings. The molecule has 2 aromatic heterocycles. The molecule has 0 radical (unpaired) electrons. The van der Waals surface area contributed by atoms with Crippen molar-refractivity contribution in [1.82, 2.24) is 19.7 Å². The first-order valence-electron chi connectivity index (χ1n) is 10.4. The maximum absolute atomic E-state index is 14.4. The van der Waals surface area contributed by atoms with Crippen LogP contribution < -0.4 is 20.5 Å². The average Bonchev–Trinajstić information content (AvgIpc) is 3.36. The van der Waals surface area contributed by atoms with Crippen LogP contribution in [-0.2, 0) is 16.6 Å². The predicted octanol–water partition coefficient (Wildman–Crippen LogP) is 2.35. The number of nitrogens with two attached hydrogens (primary N) is 1. The van der Waals surface area contributed by atoms with Crippen molar-refractivity contribution in [2.75, 3.05) is 17.6 Å². The Morgan fingerprint density at radius 1 is 1.32 bits per heavy atom. The fourth-order valence-corrected chi connectivity index (χ4v) is 4.52. The number of aromatic nitrogens is 3. The van der Waals surface area contributed by atoms with Crippen LogP contribution in [-0.4, -0.2) is 50.7 Å². The number of anilines is 2. The van der Waals surface area contributed by atoms with Gasteiger partial charge in [-0.3, -0.25) is 14.3 Å². The lowest BCUT2D eigenvalue weighted by molar-refractivity contribution is -0.147. The summed E-state index contributed by atoms with van der Waals surface area (Å²) >= 11 is 0. The van der Waals surface area contributed by atoms with Crippen LogP contribution in [0, 0.1) is 5.82 Å². The number of nitrogens with zero attached hydrogens (tertiary/aromatic N) is 4. The number of halogens is 3. The number of carbonyl (C=O) groups is 2. The van der Waals surface area contributed by atoms with Crippen LogP contribution in [0.1, 0.15) is 24.4 Å². The van der Waals surface area contributed by atoms with Crippen LogP contribution in [0.25, 0.3) is 10.9 Å². The fourth-order valence-electron chi connectivity index (χ4n) is 4.52. The first-order valence-corrected chi connectivity index (χ1v) is 10.4. The Kier molecular flexibility index (Phi) is 5.18. The van der Waals surface area contributed by atoms with Crippen molar-refractivity contribution in [3.8, 4) is 11.5 Å². The summed E-state index contributed by atoms with van der Waals surface area (Å²) in [5.74, 6) is -3.10. The lowest BCUT2D eigenvalue weighted by Crippen LogP contribution is -2.48. The van der Waals surface area contributed by atoms with Gasteiger partial charge >= 0.3 is 18.4 Å². The second kappa shape index (κ2) is 8.08. The number of likely N-dealkylation sites (tertiary alicyclic amines) is 1. The molecule has 1 fully saturated rings. The van der Waals surface area contributed by atoms with E-state index in [4.69, 9.17) is 10.5 Å². The topological polar surface area (TPSA) is 125 Å². The molecule has 0 saturated carbocycles. The molecule has 3 aromatic rings. The zero-order chi connectivity index (χ0) is 24.1. The van der Waals surface area contributed by atoms with E-state index in [-0.39, 0.29) is 29.4 Å². The minimum atomic E-state index is -3.20.